The van der Waals surface area contributed by atoms with Gasteiger partial charge in [0.25, 0.3) is 5.69 Å². The number of carbonyl (C=O) groups excluding carboxylic acids is 1. The van der Waals surface area contributed by atoms with Crippen molar-refractivity contribution in [3.63, 3.8) is 0 Å². The van der Waals surface area contributed by atoms with Gasteiger partial charge in [-0.3, -0.25) is 19.5 Å². The zero-order chi connectivity index (χ0) is 24.8. The van der Waals surface area contributed by atoms with Crippen molar-refractivity contribution in [1.82, 2.24) is 9.55 Å². The number of aromatic nitrogens is 2. The van der Waals surface area contributed by atoms with Crippen molar-refractivity contribution < 1.29 is 14.5 Å². The maximum absolute atomic E-state index is 12.7. The van der Waals surface area contributed by atoms with Crippen LogP contribution >= 0.6 is 11.8 Å². The van der Waals surface area contributed by atoms with Crippen LogP contribution in [0.4, 0.5) is 11.4 Å². The summed E-state index contributed by atoms with van der Waals surface area (Å²) in [6.45, 7) is 2.16. The minimum atomic E-state index is -0.449. The molecule has 0 unspecified atom stereocenters. The molecule has 35 heavy (non-hydrogen) atoms. The summed E-state index contributed by atoms with van der Waals surface area (Å²) in [4.78, 5) is 28.1. The molecule has 1 N–H and O–H groups in total. The molecule has 1 heterocycles. The van der Waals surface area contributed by atoms with Crippen molar-refractivity contribution in [3.05, 3.63) is 82.4 Å². The molecule has 0 aliphatic carbocycles. The van der Waals surface area contributed by atoms with Gasteiger partial charge in [0.2, 0.25) is 5.91 Å². The summed E-state index contributed by atoms with van der Waals surface area (Å²) in [6.07, 6.45) is 3.30. The van der Waals surface area contributed by atoms with Crippen LogP contribution in [0.15, 0.2) is 71.9 Å². The molecule has 8 nitrogen and oxygen atoms in total. The van der Waals surface area contributed by atoms with Gasteiger partial charge in [0.1, 0.15) is 5.75 Å². The first-order chi connectivity index (χ1) is 17.0. The lowest BCUT2D eigenvalue weighted by Crippen LogP contribution is -2.14. The standard InChI is InChI=1S/C26H26N4O4S/c1-3-4-7-18-10-12-19(13-11-18)27-25(31)17-35-26-28-21-16-20(30(32)33)14-15-22(21)29(26)23-8-5-6-9-24(23)34-2/h5-6,8-16H,3-4,7,17H2,1-2H3,(H,27,31). The molecule has 4 rings (SSSR count). The fourth-order valence-corrected chi connectivity index (χ4v) is 4.59. The molecular weight excluding hydrogens is 464 g/mol. The lowest BCUT2D eigenvalue weighted by Gasteiger charge is -2.13. The highest BCUT2D eigenvalue weighted by atomic mass is 32.2. The number of hydrogen-bond donors (Lipinski definition) is 1. The van der Waals surface area contributed by atoms with Crippen molar-refractivity contribution >= 4 is 40.1 Å². The highest BCUT2D eigenvalue weighted by molar-refractivity contribution is 7.99. The molecule has 180 valence electrons. The number of unbranched alkanes of at least 4 members (excludes halogenated alkanes) is 1. The quantitative estimate of drug-likeness (QED) is 0.166. The molecule has 0 saturated heterocycles. The smallest absolute Gasteiger partial charge is 0.271 e. The van der Waals surface area contributed by atoms with Crippen LogP contribution in [0.25, 0.3) is 16.7 Å². The van der Waals surface area contributed by atoms with E-state index in [-0.39, 0.29) is 17.3 Å². The van der Waals surface area contributed by atoms with Crippen molar-refractivity contribution in [2.75, 3.05) is 18.2 Å². The molecule has 4 aromatic rings. The van der Waals surface area contributed by atoms with Crippen LogP contribution in [0.2, 0.25) is 0 Å². The average Bonchev–Trinajstić information content (AvgIpc) is 3.24. The Morgan fingerprint density at radius 3 is 2.63 bits per heavy atom. The van der Waals surface area contributed by atoms with Crippen LogP contribution in [0.5, 0.6) is 5.75 Å². The third kappa shape index (κ3) is 5.63. The number of benzene rings is 3. The zero-order valence-electron chi connectivity index (χ0n) is 19.6. The van der Waals surface area contributed by atoms with Gasteiger partial charge < -0.3 is 10.1 Å². The summed E-state index contributed by atoms with van der Waals surface area (Å²) < 4.78 is 7.39. The lowest BCUT2D eigenvalue weighted by atomic mass is 10.1. The monoisotopic (exact) mass is 490 g/mol. The first-order valence-corrected chi connectivity index (χ1v) is 12.3. The molecular formula is C26H26N4O4S. The predicted octanol–water partition coefficient (Wildman–Crippen LogP) is 6.02. The van der Waals surface area contributed by atoms with Gasteiger partial charge >= 0.3 is 0 Å². The number of imidazole rings is 1. The topological polar surface area (TPSA) is 99.3 Å². The molecule has 0 atom stereocenters. The van der Waals surface area contributed by atoms with E-state index in [1.807, 2.05) is 53.1 Å². The Balaban J connectivity index is 1.58. The van der Waals surface area contributed by atoms with Gasteiger partial charge in [-0.2, -0.15) is 0 Å². The van der Waals surface area contributed by atoms with E-state index in [9.17, 15) is 14.9 Å². The normalized spacial score (nSPS) is 10.9. The summed E-state index contributed by atoms with van der Waals surface area (Å²) in [5, 5.41) is 14.7. The molecule has 0 bridgehead atoms. The van der Waals surface area contributed by atoms with Crippen molar-refractivity contribution in [3.8, 4) is 11.4 Å². The number of hydrogen-bond acceptors (Lipinski definition) is 6. The Bertz CT molecular complexity index is 1350. The number of nitrogens with one attached hydrogen (secondary N) is 1. The Morgan fingerprint density at radius 2 is 1.91 bits per heavy atom. The van der Waals surface area contributed by atoms with Crippen LogP contribution in [-0.2, 0) is 11.2 Å². The number of rotatable bonds is 10. The van der Waals surface area contributed by atoms with Crippen LogP contribution in [-0.4, -0.2) is 33.2 Å². The van der Waals surface area contributed by atoms with Gasteiger partial charge in [-0.05, 0) is 48.7 Å². The SMILES string of the molecule is CCCCc1ccc(NC(=O)CSc2nc3cc([N+](=O)[O-])ccc3n2-c2ccccc2OC)cc1. The first kappa shape index (κ1) is 24.3. The molecule has 9 heteroatoms. The second kappa shape index (κ2) is 11.1. The number of methoxy groups -OCH3 is 1. The van der Waals surface area contributed by atoms with Crippen LogP contribution in [0.1, 0.15) is 25.3 Å². The number of aryl methyl sites for hydroxylation is 1. The number of fused-ring (bicyclic) bond motifs is 1. The number of nitrogens with zero attached hydrogens (tertiary/aromatic N) is 3. The predicted molar refractivity (Wildman–Crippen MR) is 139 cm³/mol. The van der Waals surface area contributed by atoms with E-state index in [2.05, 4.69) is 17.2 Å². The minimum absolute atomic E-state index is 0.0427. The summed E-state index contributed by atoms with van der Waals surface area (Å²) in [6, 6.07) is 19.9. The summed E-state index contributed by atoms with van der Waals surface area (Å²) in [5.74, 6) is 0.582. The summed E-state index contributed by atoms with van der Waals surface area (Å²) in [5.41, 5.74) is 3.83. The largest absolute Gasteiger partial charge is 0.495 e. The van der Waals surface area contributed by atoms with Crippen molar-refractivity contribution in [2.45, 2.75) is 31.3 Å². The van der Waals surface area contributed by atoms with Crippen molar-refractivity contribution in [1.29, 1.82) is 0 Å². The van der Waals surface area contributed by atoms with E-state index < -0.39 is 4.92 Å². The molecule has 0 aliphatic heterocycles. The van der Waals surface area contributed by atoms with Gasteiger partial charge in [-0.15, -0.1) is 0 Å². The highest BCUT2D eigenvalue weighted by Crippen LogP contribution is 2.33. The Morgan fingerprint density at radius 1 is 1.14 bits per heavy atom. The summed E-state index contributed by atoms with van der Waals surface area (Å²) >= 11 is 1.26. The molecule has 1 amide bonds. The molecule has 0 fully saturated rings. The molecule has 3 aromatic carbocycles. The summed E-state index contributed by atoms with van der Waals surface area (Å²) in [7, 11) is 1.58. The average molecular weight is 491 g/mol. The molecule has 0 radical (unpaired) electrons. The Hall–Kier alpha value is -3.85. The number of non-ortho nitro benzene ring substituents is 1. The van der Waals surface area contributed by atoms with Crippen LogP contribution in [0.3, 0.4) is 0 Å². The fraction of sp³-hybridized carbons (Fsp3) is 0.231. The third-order valence-electron chi connectivity index (χ3n) is 5.53. The number of amides is 1. The van der Waals surface area contributed by atoms with E-state index in [1.54, 1.807) is 13.2 Å². The number of nitro groups is 1. The maximum atomic E-state index is 12.7. The number of nitro benzene ring substituents is 1. The maximum Gasteiger partial charge on any atom is 0.271 e. The number of anilines is 1. The second-order valence-corrected chi connectivity index (χ2v) is 8.91. The van der Waals surface area contributed by atoms with Crippen molar-refractivity contribution in [2.24, 2.45) is 0 Å². The van der Waals surface area contributed by atoms with Crippen LogP contribution in [0, 0.1) is 10.1 Å². The van der Waals surface area contributed by atoms with Gasteiger partial charge in [-0.25, -0.2) is 4.98 Å². The van der Waals surface area contributed by atoms with Gasteiger partial charge in [0.15, 0.2) is 5.16 Å². The third-order valence-corrected chi connectivity index (χ3v) is 6.47. The van der Waals surface area contributed by atoms with E-state index >= 15 is 0 Å². The number of thioether (sulfide) groups is 1. The number of ether oxygens (including phenoxy) is 1. The van der Waals surface area contributed by atoms with E-state index in [4.69, 9.17) is 4.74 Å². The molecule has 0 spiro atoms. The number of para-hydroxylation sites is 2. The minimum Gasteiger partial charge on any atom is -0.495 e. The van der Waals surface area contributed by atoms with Gasteiger partial charge in [-0.1, -0.05) is 49.4 Å². The number of carbonyl (C=O) groups is 1. The van der Waals surface area contributed by atoms with E-state index in [0.717, 1.165) is 30.6 Å². The van der Waals surface area contributed by atoms with E-state index in [1.165, 1.54) is 29.5 Å². The second-order valence-electron chi connectivity index (χ2n) is 7.97. The van der Waals surface area contributed by atoms with Crippen LogP contribution < -0.4 is 10.1 Å². The van der Waals surface area contributed by atoms with E-state index in [0.29, 0.717) is 21.9 Å². The lowest BCUT2D eigenvalue weighted by molar-refractivity contribution is -0.384. The highest BCUT2D eigenvalue weighted by Gasteiger charge is 2.19. The zero-order valence-corrected chi connectivity index (χ0v) is 20.4. The first-order valence-electron chi connectivity index (χ1n) is 11.3. The van der Waals surface area contributed by atoms with Gasteiger partial charge in [0, 0.05) is 17.8 Å². The Labute approximate surface area is 207 Å². The van der Waals surface area contributed by atoms with Gasteiger partial charge in [0.05, 0.1) is 34.5 Å². The molecule has 0 aliphatic rings. The molecule has 1 aromatic heterocycles. The Kier molecular flexibility index (Phi) is 7.67. The molecule has 0 saturated carbocycles. The fourth-order valence-electron chi connectivity index (χ4n) is 3.77.